The van der Waals surface area contributed by atoms with Gasteiger partial charge < -0.3 is 14.7 Å². The Labute approximate surface area is 195 Å². The number of nitrogens with zero attached hydrogens (tertiary/aromatic N) is 2. The van der Waals surface area contributed by atoms with Gasteiger partial charge in [0.1, 0.15) is 5.70 Å². The molecule has 2 aromatic rings. The molecule has 1 N–H and O–H groups in total. The molecule has 5 atom stereocenters. The number of esters is 1. The number of fused-ring (bicyclic) bond motifs is 1. The maximum atomic E-state index is 13.6. The molecule has 2 aliphatic rings. The minimum Gasteiger partial charge on any atom is -0.393 e. The summed E-state index contributed by atoms with van der Waals surface area (Å²) in [5.41, 5.74) is -0.473. The predicted octanol–water partition coefficient (Wildman–Crippen LogP) is 2.05. The van der Waals surface area contributed by atoms with Gasteiger partial charge in [-0.25, -0.2) is 13.2 Å². The number of β-lactam (4-membered cyclic amide) rings is 1. The number of ether oxygens (including phenoxy) is 1. The van der Waals surface area contributed by atoms with Crippen LogP contribution in [0.25, 0.3) is 0 Å². The van der Waals surface area contributed by atoms with Gasteiger partial charge >= 0.3 is 12.2 Å². The maximum Gasteiger partial charge on any atom is 0.383 e. The second kappa shape index (κ2) is 8.65. The summed E-state index contributed by atoms with van der Waals surface area (Å²) in [5.74, 6) is -3.71. The molecule has 1 saturated heterocycles. The number of hydrogen-bond acceptors (Lipinski definition) is 8. The zero-order valence-electron chi connectivity index (χ0n) is 18.3. The van der Waals surface area contributed by atoms with Crippen LogP contribution >= 0.6 is 0 Å². The molecular formula is C23H22N2O8S. The summed E-state index contributed by atoms with van der Waals surface area (Å²) in [6, 6.07) is 14.1. The number of rotatable bonds is 7. The third-order valence-corrected chi connectivity index (χ3v) is 8.18. The molecule has 4 rings (SSSR count). The van der Waals surface area contributed by atoms with Gasteiger partial charge in [-0.15, -0.1) is 0 Å². The largest absolute Gasteiger partial charge is 0.393 e. The standard InChI is InChI=1S/C23H22N2O8S/c1-13-18-17(14(2)26)21(27)24(18)19(20(13)34(31,32)16-11-7-4-8-12-16)23(28)33-22(25(29)30)15-9-5-3-6-10-15/h3-14,17-18,22,26H,1-2H3/t13?,14-,17-,18-,22?/m1/s1. The molecule has 34 heavy (non-hydrogen) atoms. The normalized spacial score (nSPS) is 23.7. The number of sulfone groups is 1. The van der Waals surface area contributed by atoms with Gasteiger partial charge in [-0.1, -0.05) is 43.3 Å². The molecular weight excluding hydrogens is 464 g/mol. The molecule has 2 aromatic carbocycles. The Hall–Kier alpha value is -3.57. The fraction of sp³-hybridized carbons (Fsp3) is 0.304. The molecule has 0 spiro atoms. The number of carbonyl (C=O) groups is 2. The van der Waals surface area contributed by atoms with Crippen LogP contribution in [0, 0.1) is 22.0 Å². The van der Waals surface area contributed by atoms with E-state index in [1.54, 1.807) is 12.1 Å². The van der Waals surface area contributed by atoms with E-state index in [1.807, 2.05) is 0 Å². The highest BCUT2D eigenvalue weighted by Gasteiger charge is 2.62. The SMILES string of the molecule is CC1C(S(=O)(=O)c2ccccc2)=C(C(=O)OC(c2ccccc2)[N+](=O)[O-])N2C(=O)[C@H]([C@@H](C)O)[C@@H]12. The van der Waals surface area contributed by atoms with Crippen LogP contribution in [0.2, 0.25) is 0 Å². The van der Waals surface area contributed by atoms with Crippen LogP contribution < -0.4 is 0 Å². The fourth-order valence-corrected chi connectivity index (χ4v) is 6.45. The fourth-order valence-electron chi connectivity index (χ4n) is 4.61. The lowest BCUT2D eigenvalue weighted by Gasteiger charge is -2.46. The third kappa shape index (κ3) is 3.66. The molecule has 0 radical (unpaired) electrons. The average Bonchev–Trinajstić information content (AvgIpc) is 3.07. The zero-order valence-corrected chi connectivity index (χ0v) is 19.1. The number of aliphatic hydroxyl groups excluding tert-OH is 1. The summed E-state index contributed by atoms with van der Waals surface area (Å²) in [6.07, 6.45) is -2.98. The van der Waals surface area contributed by atoms with Crippen molar-refractivity contribution in [3.05, 3.63) is 86.9 Å². The van der Waals surface area contributed by atoms with Crippen LogP contribution in [0.5, 0.6) is 0 Å². The molecule has 2 aliphatic heterocycles. The van der Waals surface area contributed by atoms with E-state index in [9.17, 15) is 33.2 Å². The number of benzene rings is 2. The van der Waals surface area contributed by atoms with E-state index in [2.05, 4.69) is 0 Å². The van der Waals surface area contributed by atoms with E-state index < -0.39 is 62.5 Å². The Morgan fingerprint density at radius 3 is 2.21 bits per heavy atom. The van der Waals surface area contributed by atoms with Crippen molar-refractivity contribution in [3.8, 4) is 0 Å². The van der Waals surface area contributed by atoms with Crippen molar-refractivity contribution < 1.29 is 32.8 Å². The molecule has 0 saturated carbocycles. The summed E-state index contributed by atoms with van der Waals surface area (Å²) in [7, 11) is -4.27. The summed E-state index contributed by atoms with van der Waals surface area (Å²) < 4.78 is 32.3. The second-order valence-corrected chi connectivity index (χ2v) is 10.2. The number of nitro groups is 1. The first-order valence-corrected chi connectivity index (χ1v) is 12.0. The van der Waals surface area contributed by atoms with Crippen LogP contribution in [-0.2, 0) is 24.2 Å². The molecule has 1 fully saturated rings. The first-order valence-electron chi connectivity index (χ1n) is 10.5. The molecule has 178 valence electrons. The Kier molecular flexibility index (Phi) is 6.00. The van der Waals surface area contributed by atoms with Gasteiger partial charge in [0.25, 0.3) is 0 Å². The highest BCUT2D eigenvalue weighted by molar-refractivity contribution is 7.95. The Morgan fingerprint density at radius 1 is 1.12 bits per heavy atom. The van der Waals surface area contributed by atoms with Crippen molar-refractivity contribution >= 4 is 21.7 Å². The molecule has 2 heterocycles. The summed E-state index contributed by atoms with van der Waals surface area (Å²) >= 11 is 0. The van der Waals surface area contributed by atoms with E-state index in [4.69, 9.17) is 4.74 Å². The topological polar surface area (TPSA) is 144 Å². The summed E-state index contributed by atoms with van der Waals surface area (Å²) in [6.45, 7) is 2.95. The lowest BCUT2D eigenvalue weighted by atomic mass is 9.79. The van der Waals surface area contributed by atoms with Gasteiger partial charge in [0.2, 0.25) is 15.7 Å². The van der Waals surface area contributed by atoms with Crippen molar-refractivity contribution in [1.82, 2.24) is 4.90 Å². The average molecular weight is 487 g/mol. The van der Waals surface area contributed by atoms with Crippen LogP contribution in [0.15, 0.2) is 76.2 Å². The van der Waals surface area contributed by atoms with Crippen molar-refractivity contribution in [2.24, 2.45) is 11.8 Å². The highest BCUT2D eigenvalue weighted by Crippen LogP contribution is 2.50. The monoisotopic (exact) mass is 486 g/mol. The molecule has 0 aromatic heterocycles. The molecule has 0 aliphatic carbocycles. The zero-order chi connectivity index (χ0) is 24.8. The lowest BCUT2D eigenvalue weighted by molar-refractivity contribution is -0.575. The van der Waals surface area contributed by atoms with Crippen molar-refractivity contribution in [3.63, 3.8) is 0 Å². The van der Waals surface area contributed by atoms with Gasteiger partial charge in [-0.05, 0) is 31.2 Å². The molecule has 11 heteroatoms. The third-order valence-electron chi connectivity index (χ3n) is 6.14. The predicted molar refractivity (Wildman–Crippen MR) is 118 cm³/mol. The van der Waals surface area contributed by atoms with Gasteiger partial charge in [0, 0.05) is 5.92 Å². The van der Waals surface area contributed by atoms with E-state index in [0.29, 0.717) is 0 Å². The second-order valence-electron chi connectivity index (χ2n) is 8.24. The van der Waals surface area contributed by atoms with Gasteiger partial charge in [-0.2, -0.15) is 0 Å². The van der Waals surface area contributed by atoms with Crippen LogP contribution in [0.3, 0.4) is 0 Å². The van der Waals surface area contributed by atoms with E-state index >= 15 is 0 Å². The lowest BCUT2D eigenvalue weighted by Crippen LogP contribution is -2.63. The van der Waals surface area contributed by atoms with Gasteiger partial charge in [0.05, 0.1) is 38.4 Å². The molecule has 2 unspecified atom stereocenters. The molecule has 1 amide bonds. The number of aliphatic hydroxyl groups is 1. The van der Waals surface area contributed by atoms with E-state index in [1.165, 1.54) is 62.4 Å². The smallest absolute Gasteiger partial charge is 0.383 e. The Balaban J connectivity index is 1.82. The quantitative estimate of drug-likeness (QED) is 0.206. The van der Waals surface area contributed by atoms with Crippen molar-refractivity contribution in [2.45, 2.75) is 37.1 Å². The summed E-state index contributed by atoms with van der Waals surface area (Å²) in [5, 5.41) is 21.7. The Bertz CT molecular complexity index is 1270. The summed E-state index contributed by atoms with van der Waals surface area (Å²) in [4.78, 5) is 37.5. The minimum atomic E-state index is -4.27. The van der Waals surface area contributed by atoms with Crippen molar-refractivity contribution in [1.29, 1.82) is 0 Å². The van der Waals surface area contributed by atoms with Gasteiger partial charge in [0.15, 0.2) is 0 Å². The minimum absolute atomic E-state index is 0.0771. The van der Waals surface area contributed by atoms with E-state index in [-0.39, 0.29) is 15.4 Å². The van der Waals surface area contributed by atoms with Gasteiger partial charge in [-0.3, -0.25) is 14.9 Å². The Morgan fingerprint density at radius 2 is 1.68 bits per heavy atom. The number of carbonyl (C=O) groups excluding carboxylic acids is 2. The molecule has 0 bridgehead atoms. The number of amides is 1. The van der Waals surface area contributed by atoms with Crippen LogP contribution in [-0.4, -0.2) is 47.4 Å². The van der Waals surface area contributed by atoms with Crippen LogP contribution in [0.1, 0.15) is 25.6 Å². The van der Waals surface area contributed by atoms with E-state index in [0.717, 1.165) is 4.90 Å². The van der Waals surface area contributed by atoms with Crippen LogP contribution in [0.4, 0.5) is 0 Å². The number of hydrogen-bond donors (Lipinski definition) is 1. The molecule has 10 nitrogen and oxygen atoms in total. The maximum absolute atomic E-state index is 13.6. The first kappa shape index (κ1) is 23.6. The van der Waals surface area contributed by atoms with Crippen molar-refractivity contribution in [2.75, 3.05) is 0 Å². The highest BCUT2D eigenvalue weighted by atomic mass is 32.2. The first-order chi connectivity index (χ1) is 16.1.